The van der Waals surface area contributed by atoms with Crippen LogP contribution in [-0.2, 0) is 0 Å². The Morgan fingerprint density at radius 3 is 2.57 bits per heavy atom. The van der Waals surface area contributed by atoms with Crippen molar-refractivity contribution in [3.63, 3.8) is 0 Å². The molecular formula is C12H21ISi. The monoisotopic (exact) mass is 320 g/mol. The maximum Gasteiger partial charge on any atom is 0.129 e. The van der Waals surface area contributed by atoms with Gasteiger partial charge < -0.3 is 0 Å². The number of hydrogen-bond acceptors (Lipinski definition) is 0. The zero-order valence-corrected chi connectivity index (χ0v) is 12.9. The molecule has 14 heavy (non-hydrogen) atoms. The highest BCUT2D eigenvalue weighted by atomic mass is 127. The van der Waals surface area contributed by atoms with Gasteiger partial charge in [-0.05, 0) is 18.3 Å². The molecule has 2 atom stereocenters. The second kappa shape index (κ2) is 4.57. The molecule has 1 fully saturated rings. The summed E-state index contributed by atoms with van der Waals surface area (Å²) in [6.45, 7) is 9.40. The fraction of sp³-hybridized carbons (Fsp3) is 0.833. The van der Waals surface area contributed by atoms with Gasteiger partial charge in [0, 0.05) is 10.3 Å². The van der Waals surface area contributed by atoms with Crippen LogP contribution in [0.15, 0.2) is 0 Å². The molecule has 0 aromatic heterocycles. The van der Waals surface area contributed by atoms with Gasteiger partial charge >= 0.3 is 0 Å². The van der Waals surface area contributed by atoms with Gasteiger partial charge in [0.05, 0.1) is 0 Å². The Morgan fingerprint density at radius 2 is 2.07 bits per heavy atom. The van der Waals surface area contributed by atoms with E-state index in [-0.39, 0.29) is 0 Å². The minimum atomic E-state index is -1.16. The molecule has 0 bridgehead atoms. The maximum atomic E-state index is 3.57. The molecule has 0 saturated heterocycles. The van der Waals surface area contributed by atoms with Gasteiger partial charge in [-0.25, -0.2) is 0 Å². The molecule has 0 spiro atoms. The molecule has 0 radical (unpaired) electrons. The van der Waals surface area contributed by atoms with Gasteiger partial charge in [0.1, 0.15) is 8.07 Å². The molecule has 0 N–H and O–H groups in total. The van der Waals surface area contributed by atoms with Crippen LogP contribution in [0.1, 0.15) is 26.2 Å². The van der Waals surface area contributed by atoms with Crippen LogP contribution in [-0.4, -0.2) is 12.5 Å². The first-order valence-corrected chi connectivity index (χ1v) is 10.5. The van der Waals surface area contributed by atoms with Gasteiger partial charge in [-0.1, -0.05) is 55.6 Å². The van der Waals surface area contributed by atoms with E-state index in [4.69, 9.17) is 0 Å². The fourth-order valence-corrected chi connectivity index (χ4v) is 3.46. The molecule has 0 aromatic carbocycles. The van der Waals surface area contributed by atoms with Crippen molar-refractivity contribution in [2.45, 2.75) is 45.8 Å². The normalized spacial score (nSPS) is 32.5. The second-order valence-corrected chi connectivity index (χ2v) is 11.3. The second-order valence-electron chi connectivity index (χ2n) is 5.75. The molecule has 1 saturated carbocycles. The lowest BCUT2D eigenvalue weighted by atomic mass is 9.82. The smallest absolute Gasteiger partial charge is 0.129 e. The van der Waals surface area contributed by atoms with E-state index in [0.717, 1.165) is 0 Å². The topological polar surface area (TPSA) is 0 Å². The van der Waals surface area contributed by atoms with E-state index in [0.29, 0.717) is 11.3 Å². The average molecular weight is 320 g/mol. The van der Waals surface area contributed by atoms with Crippen molar-refractivity contribution in [3.05, 3.63) is 0 Å². The molecule has 0 aromatic rings. The molecule has 1 rings (SSSR count). The summed E-state index contributed by atoms with van der Waals surface area (Å²) in [5.41, 5.74) is 4.05. The lowest BCUT2D eigenvalue weighted by Gasteiger charge is -2.25. The first kappa shape index (κ1) is 12.6. The maximum absolute atomic E-state index is 3.57. The van der Waals surface area contributed by atoms with E-state index in [1.54, 1.807) is 0 Å². The summed E-state index contributed by atoms with van der Waals surface area (Å²) in [6, 6.07) is 0. The Bertz CT molecular complexity index is 256. The van der Waals surface area contributed by atoms with E-state index in [9.17, 15) is 0 Å². The van der Waals surface area contributed by atoms with E-state index in [1.165, 1.54) is 23.7 Å². The van der Waals surface area contributed by atoms with Gasteiger partial charge in [-0.2, -0.15) is 0 Å². The van der Waals surface area contributed by atoms with Crippen LogP contribution in [0.4, 0.5) is 0 Å². The molecule has 0 unspecified atom stereocenters. The summed E-state index contributed by atoms with van der Waals surface area (Å²) < 4.78 is 1.26. The predicted octanol–water partition coefficient (Wildman–Crippen LogP) is 4.11. The average Bonchev–Trinajstić information content (AvgIpc) is 2.43. The molecule has 0 nitrogen and oxygen atoms in total. The summed E-state index contributed by atoms with van der Waals surface area (Å²) in [4.78, 5) is 0. The van der Waals surface area contributed by atoms with Crippen molar-refractivity contribution in [1.29, 1.82) is 0 Å². The largest absolute Gasteiger partial charge is 0.132 e. The molecule has 0 heterocycles. The lowest BCUT2D eigenvalue weighted by Crippen LogP contribution is -2.23. The van der Waals surface area contributed by atoms with Gasteiger partial charge in [-0.15, -0.1) is 11.5 Å². The van der Waals surface area contributed by atoms with Gasteiger partial charge in [0.25, 0.3) is 0 Å². The van der Waals surface area contributed by atoms with Gasteiger partial charge in [0.15, 0.2) is 0 Å². The van der Waals surface area contributed by atoms with Crippen molar-refractivity contribution in [3.8, 4) is 11.5 Å². The van der Waals surface area contributed by atoms with Crippen LogP contribution in [0.5, 0.6) is 0 Å². The predicted molar refractivity (Wildman–Crippen MR) is 75.5 cm³/mol. The highest BCUT2D eigenvalue weighted by Crippen LogP contribution is 2.44. The summed E-state index contributed by atoms with van der Waals surface area (Å²) in [6.07, 6.45) is 4.09. The standard InChI is InChI=1S/C12H21ISi/c1-12(10-13)8-5-6-11(12)7-9-14(2,3)4/h11H,5-6,8,10H2,1-4H3/t11-,12+/m1/s1. The van der Waals surface area contributed by atoms with Crippen molar-refractivity contribution in [1.82, 2.24) is 0 Å². The summed E-state index contributed by atoms with van der Waals surface area (Å²) in [5, 5.41) is 0. The van der Waals surface area contributed by atoms with Gasteiger partial charge in [-0.3, -0.25) is 0 Å². The molecular weight excluding hydrogens is 299 g/mol. The third kappa shape index (κ3) is 3.27. The van der Waals surface area contributed by atoms with Crippen LogP contribution in [0, 0.1) is 22.8 Å². The van der Waals surface area contributed by atoms with Crippen LogP contribution < -0.4 is 0 Å². The SMILES string of the molecule is C[C@@]1(CI)CCC[C@@H]1C#C[Si](C)(C)C. The zero-order valence-electron chi connectivity index (χ0n) is 9.78. The van der Waals surface area contributed by atoms with Crippen LogP contribution in [0.3, 0.4) is 0 Å². The minimum Gasteiger partial charge on any atom is -0.132 e. The molecule has 2 heteroatoms. The van der Waals surface area contributed by atoms with Gasteiger partial charge in [0.2, 0.25) is 0 Å². The van der Waals surface area contributed by atoms with Crippen LogP contribution in [0.2, 0.25) is 19.6 Å². The summed E-state index contributed by atoms with van der Waals surface area (Å²) in [7, 11) is -1.16. The fourth-order valence-electron chi connectivity index (χ4n) is 1.94. The van der Waals surface area contributed by atoms with Crippen molar-refractivity contribution in [2.75, 3.05) is 4.43 Å². The van der Waals surface area contributed by atoms with Crippen LogP contribution >= 0.6 is 22.6 Å². The lowest BCUT2D eigenvalue weighted by molar-refractivity contribution is 0.334. The summed E-state index contributed by atoms with van der Waals surface area (Å²) >= 11 is 2.53. The van der Waals surface area contributed by atoms with Crippen molar-refractivity contribution >= 4 is 30.7 Å². The number of hydrogen-bond donors (Lipinski definition) is 0. The number of halogens is 1. The number of alkyl halides is 1. The van der Waals surface area contributed by atoms with E-state index < -0.39 is 8.07 Å². The number of rotatable bonds is 1. The molecule has 1 aliphatic rings. The molecule has 80 valence electrons. The van der Waals surface area contributed by atoms with Crippen molar-refractivity contribution < 1.29 is 0 Å². The first-order valence-electron chi connectivity index (χ1n) is 5.46. The first-order chi connectivity index (χ1) is 6.37. The highest BCUT2D eigenvalue weighted by Gasteiger charge is 2.36. The van der Waals surface area contributed by atoms with E-state index in [2.05, 4.69) is 60.6 Å². The van der Waals surface area contributed by atoms with E-state index in [1.807, 2.05) is 0 Å². The Balaban J connectivity index is 2.73. The molecule has 1 aliphatic carbocycles. The zero-order chi connectivity index (χ0) is 10.8. The Morgan fingerprint density at radius 1 is 1.43 bits per heavy atom. The Kier molecular flexibility index (Phi) is 4.10. The quantitative estimate of drug-likeness (QED) is 0.295. The third-order valence-corrected chi connectivity index (χ3v) is 5.65. The molecule has 0 amide bonds. The third-order valence-electron chi connectivity index (χ3n) is 3.01. The summed E-state index contributed by atoms with van der Waals surface area (Å²) in [5.74, 6) is 4.24. The Labute approximate surface area is 103 Å². The minimum absolute atomic E-state index is 0.507. The van der Waals surface area contributed by atoms with E-state index >= 15 is 0 Å². The van der Waals surface area contributed by atoms with Crippen LogP contribution in [0.25, 0.3) is 0 Å². The Hall–Kier alpha value is 0.507. The molecule has 0 aliphatic heterocycles. The highest BCUT2D eigenvalue weighted by molar-refractivity contribution is 14.1. The van der Waals surface area contributed by atoms with Crippen molar-refractivity contribution in [2.24, 2.45) is 11.3 Å².